The third kappa shape index (κ3) is 3.71. The molecule has 0 radical (unpaired) electrons. The average molecular weight is 358 g/mol. The van der Waals surface area contributed by atoms with Gasteiger partial charge in [-0.3, -0.25) is 0 Å². The topological polar surface area (TPSA) is 57.7 Å². The predicted octanol–water partition coefficient (Wildman–Crippen LogP) is 3.43. The highest BCUT2D eigenvalue weighted by atomic mass is 32.1. The fourth-order valence-corrected chi connectivity index (χ4v) is 3.96. The minimum absolute atomic E-state index is 0.0128. The molecule has 2 aliphatic rings. The molecule has 4 rings (SSSR count). The Morgan fingerprint density at radius 1 is 1.28 bits per heavy atom. The number of nitrogens with zero attached hydrogens (tertiary/aromatic N) is 3. The maximum absolute atomic E-state index is 12.3. The lowest BCUT2D eigenvalue weighted by molar-refractivity contribution is 0.195. The predicted molar refractivity (Wildman–Crippen MR) is 99.6 cm³/mol. The first-order valence-electron chi connectivity index (χ1n) is 8.74. The van der Waals surface area contributed by atoms with Crippen molar-refractivity contribution in [2.24, 2.45) is 0 Å². The lowest BCUT2D eigenvalue weighted by Gasteiger charge is -2.22. The van der Waals surface area contributed by atoms with Crippen LogP contribution in [0.15, 0.2) is 35.2 Å². The van der Waals surface area contributed by atoms with Crippen molar-refractivity contribution in [3.8, 4) is 5.75 Å². The third-order valence-electron chi connectivity index (χ3n) is 4.65. The molecule has 4 heterocycles. The van der Waals surface area contributed by atoms with Crippen molar-refractivity contribution in [3.63, 3.8) is 0 Å². The van der Waals surface area contributed by atoms with Gasteiger partial charge in [0.1, 0.15) is 6.10 Å². The number of hydrogen-bond donors (Lipinski definition) is 1. The van der Waals surface area contributed by atoms with Gasteiger partial charge < -0.3 is 19.9 Å². The van der Waals surface area contributed by atoms with Crippen molar-refractivity contribution in [1.82, 2.24) is 9.88 Å². The van der Waals surface area contributed by atoms with E-state index in [1.165, 1.54) is 12.8 Å². The van der Waals surface area contributed by atoms with Crippen LogP contribution in [0.25, 0.3) is 0 Å². The molecule has 6 nitrogen and oxygen atoms in total. The zero-order valence-corrected chi connectivity index (χ0v) is 14.9. The van der Waals surface area contributed by atoms with Gasteiger partial charge in [-0.2, -0.15) is 11.3 Å². The summed E-state index contributed by atoms with van der Waals surface area (Å²) in [5, 5.41) is 6.81. The number of nitrogens with one attached hydrogen (secondary N) is 1. The largest absolute Gasteiger partial charge is 0.485 e. The van der Waals surface area contributed by atoms with Crippen molar-refractivity contribution in [1.29, 1.82) is 0 Å². The van der Waals surface area contributed by atoms with Crippen LogP contribution in [-0.4, -0.2) is 48.2 Å². The van der Waals surface area contributed by atoms with Gasteiger partial charge in [-0.1, -0.05) is 0 Å². The van der Waals surface area contributed by atoms with Crippen LogP contribution in [0.1, 0.15) is 19.3 Å². The van der Waals surface area contributed by atoms with Gasteiger partial charge in [0.2, 0.25) is 0 Å². The minimum atomic E-state index is -0.0598. The number of rotatable bonds is 4. The van der Waals surface area contributed by atoms with Crippen molar-refractivity contribution in [3.05, 3.63) is 35.2 Å². The molecule has 0 bridgehead atoms. The Bertz CT molecular complexity index is 716. The number of thiophene rings is 1. The standard InChI is InChI=1S/C18H22N4O2S/c23-18(20-14-6-11-25-13-14)22-10-5-15(12-22)24-16-4-3-7-19-17(16)21-8-1-2-9-21/h3-4,6-7,11,13,15H,1-2,5,8-10,12H2,(H,20,23)/t15-/m0/s1. The van der Waals surface area contributed by atoms with Crippen LogP contribution in [0.4, 0.5) is 16.3 Å². The first kappa shape index (κ1) is 16.2. The second kappa shape index (κ2) is 7.31. The average Bonchev–Trinajstić information content (AvgIpc) is 3.38. The summed E-state index contributed by atoms with van der Waals surface area (Å²) < 4.78 is 6.21. The summed E-state index contributed by atoms with van der Waals surface area (Å²) in [4.78, 5) is 20.9. The zero-order valence-electron chi connectivity index (χ0n) is 14.1. The van der Waals surface area contributed by atoms with Crippen molar-refractivity contribution >= 4 is 28.9 Å². The smallest absolute Gasteiger partial charge is 0.321 e. The maximum Gasteiger partial charge on any atom is 0.321 e. The summed E-state index contributed by atoms with van der Waals surface area (Å²) in [7, 11) is 0. The highest BCUT2D eigenvalue weighted by molar-refractivity contribution is 7.08. The second-order valence-corrected chi connectivity index (χ2v) is 7.22. The van der Waals surface area contributed by atoms with Crippen molar-refractivity contribution in [2.75, 3.05) is 36.4 Å². The summed E-state index contributed by atoms with van der Waals surface area (Å²) in [6.45, 7) is 3.38. The van der Waals surface area contributed by atoms with E-state index in [0.717, 1.165) is 36.8 Å². The van der Waals surface area contributed by atoms with Gasteiger partial charge in [-0.25, -0.2) is 9.78 Å². The van der Waals surface area contributed by atoms with Gasteiger partial charge in [0, 0.05) is 37.6 Å². The molecular weight excluding hydrogens is 336 g/mol. The lowest BCUT2D eigenvalue weighted by Crippen LogP contribution is -2.34. The molecule has 132 valence electrons. The van der Waals surface area contributed by atoms with E-state index in [0.29, 0.717) is 13.1 Å². The highest BCUT2D eigenvalue weighted by Crippen LogP contribution is 2.30. The van der Waals surface area contributed by atoms with Gasteiger partial charge in [-0.05, 0) is 36.4 Å². The highest BCUT2D eigenvalue weighted by Gasteiger charge is 2.29. The van der Waals surface area contributed by atoms with Gasteiger partial charge in [0.25, 0.3) is 0 Å². The van der Waals surface area contributed by atoms with Crippen LogP contribution < -0.4 is 15.0 Å². The lowest BCUT2D eigenvalue weighted by atomic mass is 10.3. The van der Waals surface area contributed by atoms with E-state index in [1.807, 2.05) is 40.1 Å². The van der Waals surface area contributed by atoms with E-state index in [2.05, 4.69) is 15.2 Å². The maximum atomic E-state index is 12.3. The Morgan fingerprint density at radius 3 is 2.96 bits per heavy atom. The van der Waals surface area contributed by atoms with E-state index in [9.17, 15) is 4.79 Å². The molecule has 0 aliphatic carbocycles. The van der Waals surface area contributed by atoms with E-state index >= 15 is 0 Å². The van der Waals surface area contributed by atoms with Gasteiger partial charge >= 0.3 is 6.03 Å². The molecule has 25 heavy (non-hydrogen) atoms. The molecule has 0 saturated carbocycles. The summed E-state index contributed by atoms with van der Waals surface area (Å²) in [5.41, 5.74) is 0.850. The third-order valence-corrected chi connectivity index (χ3v) is 5.34. The first-order valence-corrected chi connectivity index (χ1v) is 9.68. The minimum Gasteiger partial charge on any atom is -0.485 e. The number of anilines is 2. The number of carbonyl (C=O) groups excluding carboxylic acids is 1. The van der Waals surface area contributed by atoms with Gasteiger partial charge in [0.15, 0.2) is 11.6 Å². The molecule has 0 aromatic carbocycles. The van der Waals surface area contributed by atoms with E-state index < -0.39 is 0 Å². The molecule has 1 N–H and O–H groups in total. The fraction of sp³-hybridized carbons (Fsp3) is 0.444. The molecule has 2 aromatic rings. The number of aromatic nitrogens is 1. The second-order valence-electron chi connectivity index (χ2n) is 6.44. The van der Waals surface area contributed by atoms with E-state index in [1.54, 1.807) is 11.3 Å². The van der Waals surface area contributed by atoms with Crippen LogP contribution in [0, 0.1) is 0 Å². The number of hydrogen-bond acceptors (Lipinski definition) is 5. The quantitative estimate of drug-likeness (QED) is 0.910. The van der Waals surface area contributed by atoms with Crippen LogP contribution in [0.2, 0.25) is 0 Å². The van der Waals surface area contributed by atoms with Gasteiger partial charge in [0.05, 0.1) is 12.2 Å². The first-order chi connectivity index (χ1) is 12.3. The molecule has 2 aliphatic heterocycles. The molecule has 2 amide bonds. The van der Waals surface area contributed by atoms with Crippen LogP contribution in [-0.2, 0) is 0 Å². The number of carbonyl (C=O) groups is 1. The summed E-state index contributed by atoms with van der Waals surface area (Å²) >= 11 is 1.57. The Balaban J connectivity index is 1.37. The Labute approximate surface area is 151 Å². The van der Waals surface area contributed by atoms with Crippen LogP contribution in [0.3, 0.4) is 0 Å². The number of ether oxygens (including phenoxy) is 1. The summed E-state index contributed by atoms with van der Waals surface area (Å²) in [6.07, 6.45) is 5.08. The van der Waals surface area contributed by atoms with Crippen molar-refractivity contribution in [2.45, 2.75) is 25.4 Å². The SMILES string of the molecule is O=C(Nc1ccsc1)N1CC[C@H](Oc2cccnc2N2CCCC2)C1. The molecule has 2 saturated heterocycles. The summed E-state index contributed by atoms with van der Waals surface area (Å²) in [6, 6.07) is 5.74. The van der Waals surface area contributed by atoms with Crippen LogP contribution >= 0.6 is 11.3 Å². The number of amides is 2. The van der Waals surface area contributed by atoms with Gasteiger partial charge in [-0.15, -0.1) is 0 Å². The molecular formula is C18H22N4O2S. The molecule has 7 heteroatoms. The number of pyridine rings is 1. The number of urea groups is 1. The fourth-order valence-electron chi connectivity index (χ4n) is 3.37. The van der Waals surface area contributed by atoms with E-state index in [-0.39, 0.29) is 12.1 Å². The molecule has 0 unspecified atom stereocenters. The molecule has 0 spiro atoms. The monoisotopic (exact) mass is 358 g/mol. The Hall–Kier alpha value is -2.28. The van der Waals surface area contributed by atoms with E-state index in [4.69, 9.17) is 4.74 Å². The van der Waals surface area contributed by atoms with Crippen LogP contribution in [0.5, 0.6) is 5.75 Å². The summed E-state index contributed by atoms with van der Waals surface area (Å²) in [5.74, 6) is 1.76. The molecule has 2 fully saturated rings. The molecule has 1 atom stereocenters. The number of likely N-dealkylation sites (tertiary alicyclic amines) is 1. The Kier molecular flexibility index (Phi) is 4.74. The molecule has 2 aromatic heterocycles. The normalized spacial score (nSPS) is 20.1. The van der Waals surface area contributed by atoms with Crippen molar-refractivity contribution < 1.29 is 9.53 Å². The zero-order chi connectivity index (χ0) is 17.1. The Morgan fingerprint density at radius 2 is 2.16 bits per heavy atom.